The van der Waals surface area contributed by atoms with Crippen LogP contribution < -0.4 is 4.74 Å². The summed E-state index contributed by atoms with van der Waals surface area (Å²) in [6.07, 6.45) is 1.04. The first-order valence-electron chi connectivity index (χ1n) is 6.99. The monoisotopic (exact) mass is 254 g/mol. The molecule has 0 saturated heterocycles. The van der Waals surface area contributed by atoms with Gasteiger partial charge >= 0.3 is 0 Å². The van der Waals surface area contributed by atoms with Crippen LogP contribution in [0.3, 0.4) is 0 Å². The predicted molar refractivity (Wildman–Crippen MR) is 80.7 cm³/mol. The number of ether oxygens (including phenoxy) is 1. The molecule has 0 N–H and O–H groups in total. The maximum Gasteiger partial charge on any atom is 0.120 e. The Morgan fingerprint density at radius 3 is 2.32 bits per heavy atom. The summed E-state index contributed by atoms with van der Waals surface area (Å²) in [5.41, 5.74) is 3.90. The van der Waals surface area contributed by atoms with Crippen LogP contribution in [-0.4, -0.2) is 0 Å². The summed E-state index contributed by atoms with van der Waals surface area (Å²) in [4.78, 5) is 0. The summed E-state index contributed by atoms with van der Waals surface area (Å²) < 4.78 is 5.83. The van der Waals surface area contributed by atoms with E-state index in [1.807, 2.05) is 6.07 Å². The lowest BCUT2D eigenvalue weighted by atomic mass is 10.0. The Morgan fingerprint density at radius 1 is 0.947 bits per heavy atom. The Bertz CT molecular complexity index is 511. The van der Waals surface area contributed by atoms with Crippen LogP contribution in [0, 0.1) is 0 Å². The quantitative estimate of drug-likeness (QED) is 0.733. The molecule has 2 aromatic carbocycles. The van der Waals surface area contributed by atoms with Crippen molar-refractivity contribution in [1.82, 2.24) is 0 Å². The second kappa shape index (κ2) is 6.42. The van der Waals surface area contributed by atoms with E-state index < -0.39 is 0 Å². The summed E-state index contributed by atoms with van der Waals surface area (Å²) in [6, 6.07) is 17.0. The van der Waals surface area contributed by atoms with E-state index in [0.29, 0.717) is 12.5 Å². The largest absolute Gasteiger partial charge is 0.489 e. The lowest BCUT2D eigenvalue weighted by molar-refractivity contribution is 0.306. The van der Waals surface area contributed by atoms with E-state index in [2.05, 4.69) is 63.2 Å². The first-order chi connectivity index (χ1) is 9.19. The molecule has 0 atom stereocenters. The van der Waals surface area contributed by atoms with Crippen molar-refractivity contribution in [2.24, 2.45) is 0 Å². The molecule has 0 spiro atoms. The second-order valence-corrected chi connectivity index (χ2v) is 5.19. The van der Waals surface area contributed by atoms with Gasteiger partial charge in [-0.05, 0) is 41.2 Å². The number of aryl methyl sites for hydroxylation is 1. The minimum absolute atomic E-state index is 0.580. The molecule has 2 rings (SSSR count). The van der Waals surface area contributed by atoms with E-state index in [1.165, 1.54) is 16.7 Å². The smallest absolute Gasteiger partial charge is 0.120 e. The van der Waals surface area contributed by atoms with Crippen LogP contribution in [0.4, 0.5) is 0 Å². The zero-order chi connectivity index (χ0) is 13.7. The lowest BCUT2D eigenvalue weighted by Gasteiger charge is -2.09. The first kappa shape index (κ1) is 13.7. The molecule has 0 fully saturated rings. The normalized spacial score (nSPS) is 10.7. The minimum atomic E-state index is 0.580. The second-order valence-electron chi connectivity index (χ2n) is 5.19. The van der Waals surface area contributed by atoms with Gasteiger partial charge < -0.3 is 4.74 Å². The van der Waals surface area contributed by atoms with Crippen molar-refractivity contribution in [3.8, 4) is 5.75 Å². The number of benzene rings is 2. The maximum absolute atomic E-state index is 5.83. The van der Waals surface area contributed by atoms with Crippen molar-refractivity contribution in [1.29, 1.82) is 0 Å². The Kier molecular flexibility index (Phi) is 4.62. The van der Waals surface area contributed by atoms with Gasteiger partial charge in [-0.25, -0.2) is 0 Å². The zero-order valence-electron chi connectivity index (χ0n) is 12.0. The molecule has 0 aliphatic carbocycles. The van der Waals surface area contributed by atoms with Crippen molar-refractivity contribution >= 4 is 0 Å². The van der Waals surface area contributed by atoms with E-state index in [9.17, 15) is 0 Å². The fourth-order valence-corrected chi connectivity index (χ4v) is 2.02. The van der Waals surface area contributed by atoms with Crippen molar-refractivity contribution in [2.75, 3.05) is 0 Å². The molecule has 0 unspecified atom stereocenters. The molecule has 0 bridgehead atoms. The third-order valence-corrected chi connectivity index (χ3v) is 3.36. The van der Waals surface area contributed by atoms with Crippen LogP contribution in [0.1, 0.15) is 43.4 Å². The predicted octanol–water partition coefficient (Wildman–Crippen LogP) is 4.95. The van der Waals surface area contributed by atoms with Gasteiger partial charge in [-0.2, -0.15) is 0 Å². The van der Waals surface area contributed by atoms with Crippen LogP contribution in [0.15, 0.2) is 48.5 Å². The average molecular weight is 254 g/mol. The van der Waals surface area contributed by atoms with E-state index in [1.54, 1.807) is 0 Å². The van der Waals surface area contributed by atoms with E-state index >= 15 is 0 Å². The minimum Gasteiger partial charge on any atom is -0.489 e. The molecule has 0 radical (unpaired) electrons. The fraction of sp³-hybridized carbons (Fsp3) is 0.333. The SMILES string of the molecule is CCc1cccc(OCc2ccc(C(C)C)cc2)c1. The van der Waals surface area contributed by atoms with Gasteiger partial charge in [-0.1, -0.05) is 57.2 Å². The summed E-state index contributed by atoms with van der Waals surface area (Å²) >= 11 is 0. The van der Waals surface area contributed by atoms with E-state index in [0.717, 1.165) is 12.2 Å². The van der Waals surface area contributed by atoms with Gasteiger partial charge in [-0.15, -0.1) is 0 Å². The van der Waals surface area contributed by atoms with Gasteiger partial charge in [0.2, 0.25) is 0 Å². The Labute approximate surface area is 116 Å². The molecule has 1 nitrogen and oxygen atoms in total. The number of rotatable bonds is 5. The van der Waals surface area contributed by atoms with Gasteiger partial charge in [0.15, 0.2) is 0 Å². The topological polar surface area (TPSA) is 9.23 Å². The highest BCUT2D eigenvalue weighted by Crippen LogP contribution is 2.18. The Morgan fingerprint density at radius 2 is 1.68 bits per heavy atom. The van der Waals surface area contributed by atoms with Crippen molar-refractivity contribution in [3.05, 3.63) is 65.2 Å². The summed E-state index contributed by atoms with van der Waals surface area (Å²) in [5.74, 6) is 1.53. The standard InChI is InChI=1S/C18H22O/c1-4-15-6-5-7-18(12-15)19-13-16-8-10-17(11-9-16)14(2)3/h5-12,14H,4,13H2,1-3H3. The average Bonchev–Trinajstić information content (AvgIpc) is 2.46. The zero-order valence-corrected chi connectivity index (χ0v) is 12.0. The van der Waals surface area contributed by atoms with E-state index in [4.69, 9.17) is 4.74 Å². The summed E-state index contributed by atoms with van der Waals surface area (Å²) in [5, 5.41) is 0. The van der Waals surface area contributed by atoms with Crippen LogP contribution >= 0.6 is 0 Å². The van der Waals surface area contributed by atoms with Gasteiger partial charge in [-0.3, -0.25) is 0 Å². The Balaban J connectivity index is 1.98. The van der Waals surface area contributed by atoms with Crippen LogP contribution in [0.5, 0.6) is 5.75 Å². The Hall–Kier alpha value is -1.76. The number of hydrogen-bond donors (Lipinski definition) is 0. The molecule has 0 heterocycles. The lowest BCUT2D eigenvalue weighted by Crippen LogP contribution is -1.96. The molecule has 0 aromatic heterocycles. The third kappa shape index (κ3) is 3.85. The molecule has 0 saturated carbocycles. The van der Waals surface area contributed by atoms with Crippen molar-refractivity contribution in [2.45, 2.75) is 39.7 Å². The summed E-state index contributed by atoms with van der Waals surface area (Å²) in [7, 11) is 0. The highest BCUT2D eigenvalue weighted by atomic mass is 16.5. The van der Waals surface area contributed by atoms with Gasteiger partial charge in [0.1, 0.15) is 12.4 Å². The van der Waals surface area contributed by atoms with Gasteiger partial charge in [0.05, 0.1) is 0 Å². The molecule has 19 heavy (non-hydrogen) atoms. The maximum atomic E-state index is 5.83. The molecule has 100 valence electrons. The van der Waals surface area contributed by atoms with Crippen molar-refractivity contribution < 1.29 is 4.74 Å². The number of hydrogen-bond acceptors (Lipinski definition) is 1. The molecule has 0 aliphatic heterocycles. The molecular weight excluding hydrogens is 232 g/mol. The fourth-order valence-electron chi connectivity index (χ4n) is 2.02. The van der Waals surface area contributed by atoms with E-state index in [-0.39, 0.29) is 0 Å². The first-order valence-corrected chi connectivity index (χ1v) is 6.99. The molecule has 2 aromatic rings. The van der Waals surface area contributed by atoms with Crippen LogP contribution in [0.2, 0.25) is 0 Å². The van der Waals surface area contributed by atoms with Crippen LogP contribution in [0.25, 0.3) is 0 Å². The molecule has 0 aliphatic rings. The highest BCUT2D eigenvalue weighted by molar-refractivity contribution is 5.29. The molecular formula is C18H22O. The molecule has 0 amide bonds. The van der Waals surface area contributed by atoms with Crippen molar-refractivity contribution in [3.63, 3.8) is 0 Å². The highest BCUT2D eigenvalue weighted by Gasteiger charge is 2.00. The molecule has 1 heteroatoms. The summed E-state index contributed by atoms with van der Waals surface area (Å²) in [6.45, 7) is 7.21. The van der Waals surface area contributed by atoms with Crippen LogP contribution in [-0.2, 0) is 13.0 Å². The van der Waals surface area contributed by atoms with Gasteiger partial charge in [0.25, 0.3) is 0 Å². The third-order valence-electron chi connectivity index (χ3n) is 3.36. The van der Waals surface area contributed by atoms with Gasteiger partial charge in [0, 0.05) is 0 Å².